The molecule has 3 aromatic rings. The van der Waals surface area contributed by atoms with E-state index in [1.54, 1.807) is 0 Å². The van der Waals surface area contributed by atoms with Crippen LogP contribution in [0.5, 0.6) is 0 Å². The van der Waals surface area contributed by atoms with Crippen molar-refractivity contribution in [2.24, 2.45) is 0 Å². The maximum absolute atomic E-state index is 13.0. The highest BCUT2D eigenvalue weighted by Gasteiger charge is 2.18. The van der Waals surface area contributed by atoms with Crippen LogP contribution in [0.25, 0.3) is 0 Å². The van der Waals surface area contributed by atoms with Crippen LogP contribution in [0.15, 0.2) is 71.6 Å². The zero-order chi connectivity index (χ0) is 23.3. The third-order valence-corrected chi connectivity index (χ3v) is 5.90. The summed E-state index contributed by atoms with van der Waals surface area (Å²) in [5, 5.41) is 0.0209. The summed E-state index contributed by atoms with van der Waals surface area (Å²) < 4.78 is 53.2. The number of hydrogen-bond donors (Lipinski definition) is 3. The Morgan fingerprint density at radius 2 is 1.44 bits per heavy atom. The van der Waals surface area contributed by atoms with Crippen LogP contribution >= 0.6 is 11.6 Å². The lowest BCUT2D eigenvalue weighted by atomic mass is 10.1. The molecule has 0 atom stereocenters. The summed E-state index contributed by atoms with van der Waals surface area (Å²) in [5.74, 6) is -2.30. The van der Waals surface area contributed by atoms with Crippen LogP contribution in [0.1, 0.15) is 15.9 Å². The van der Waals surface area contributed by atoms with E-state index in [2.05, 4.69) is 15.6 Å². The number of hydrazine groups is 1. The first-order valence-electron chi connectivity index (χ1n) is 9.05. The van der Waals surface area contributed by atoms with Gasteiger partial charge in [0.25, 0.3) is 15.9 Å². The molecule has 0 aliphatic carbocycles. The average Bonchev–Trinajstić information content (AvgIpc) is 2.75. The molecule has 11 heteroatoms. The molecular weight excluding hydrogens is 464 g/mol. The number of nitrogens with one attached hydrogen (secondary N) is 3. The van der Waals surface area contributed by atoms with E-state index in [4.69, 9.17) is 11.6 Å². The SMILES string of the molecule is O=C(Cc1ccc(F)cc1)NNC(=O)c1ccc(Cl)c(NS(=O)(=O)c2ccc(F)cc2)c1. The second-order valence-corrected chi connectivity index (χ2v) is 8.65. The fourth-order valence-corrected chi connectivity index (χ4v) is 3.88. The van der Waals surface area contributed by atoms with Crippen LogP contribution < -0.4 is 15.6 Å². The Hall–Kier alpha value is -3.50. The molecule has 32 heavy (non-hydrogen) atoms. The van der Waals surface area contributed by atoms with Gasteiger partial charge in [0.15, 0.2) is 0 Å². The molecule has 0 bridgehead atoms. The first-order chi connectivity index (χ1) is 15.1. The summed E-state index contributed by atoms with van der Waals surface area (Å²) in [6.45, 7) is 0. The van der Waals surface area contributed by atoms with Gasteiger partial charge in [0.05, 0.1) is 22.0 Å². The zero-order valence-electron chi connectivity index (χ0n) is 16.2. The standard InChI is InChI=1S/C21H16ClF2N3O4S/c22-18-10-3-14(12-19(18)27-32(30,31)17-8-6-16(24)7-9-17)21(29)26-25-20(28)11-13-1-4-15(23)5-2-13/h1-10,12,27H,11H2,(H,25,28)(H,26,29). The number of benzene rings is 3. The fraction of sp³-hybridized carbons (Fsp3) is 0.0476. The Labute approximate surface area is 187 Å². The molecule has 3 rings (SSSR count). The Kier molecular flexibility index (Phi) is 7.06. The van der Waals surface area contributed by atoms with Gasteiger partial charge in [0.2, 0.25) is 5.91 Å². The van der Waals surface area contributed by atoms with Crippen LogP contribution in [0.2, 0.25) is 5.02 Å². The Morgan fingerprint density at radius 3 is 2.06 bits per heavy atom. The van der Waals surface area contributed by atoms with Crippen LogP contribution in [0, 0.1) is 11.6 Å². The molecule has 3 N–H and O–H groups in total. The highest BCUT2D eigenvalue weighted by atomic mass is 35.5. The van der Waals surface area contributed by atoms with Gasteiger partial charge in [-0.15, -0.1) is 0 Å². The van der Waals surface area contributed by atoms with Crippen LogP contribution in [0.4, 0.5) is 14.5 Å². The summed E-state index contributed by atoms with van der Waals surface area (Å²) >= 11 is 6.03. The van der Waals surface area contributed by atoms with Crippen molar-refractivity contribution in [3.63, 3.8) is 0 Å². The number of amides is 2. The number of anilines is 1. The van der Waals surface area contributed by atoms with Crippen molar-refractivity contribution in [3.8, 4) is 0 Å². The molecular formula is C21H16ClF2N3O4S. The first kappa shape index (κ1) is 23.2. The molecule has 0 saturated carbocycles. The molecule has 0 aromatic heterocycles. The van der Waals surface area contributed by atoms with Crippen molar-refractivity contribution in [3.05, 3.63) is 94.5 Å². The second kappa shape index (κ2) is 9.75. The average molecular weight is 480 g/mol. The summed E-state index contributed by atoms with van der Waals surface area (Å²) in [7, 11) is -4.09. The highest BCUT2D eigenvalue weighted by Crippen LogP contribution is 2.26. The molecule has 166 valence electrons. The lowest BCUT2D eigenvalue weighted by molar-refractivity contribution is -0.121. The summed E-state index contributed by atoms with van der Waals surface area (Å²) in [6, 6.07) is 13.3. The fourth-order valence-electron chi connectivity index (χ4n) is 2.59. The van der Waals surface area contributed by atoms with Gasteiger partial charge < -0.3 is 0 Å². The number of sulfonamides is 1. The van der Waals surface area contributed by atoms with Crippen LogP contribution in [-0.2, 0) is 21.2 Å². The van der Waals surface area contributed by atoms with Gasteiger partial charge in [0.1, 0.15) is 11.6 Å². The van der Waals surface area contributed by atoms with E-state index >= 15 is 0 Å². The van der Waals surface area contributed by atoms with Gasteiger partial charge in [-0.05, 0) is 60.2 Å². The maximum atomic E-state index is 13.0. The molecule has 0 radical (unpaired) electrons. The molecule has 0 spiro atoms. The van der Waals surface area contributed by atoms with E-state index in [1.165, 1.54) is 42.5 Å². The van der Waals surface area contributed by atoms with E-state index in [-0.39, 0.29) is 27.6 Å². The lowest BCUT2D eigenvalue weighted by Crippen LogP contribution is -2.42. The van der Waals surface area contributed by atoms with Crippen LogP contribution in [-0.4, -0.2) is 20.2 Å². The van der Waals surface area contributed by atoms with E-state index in [0.29, 0.717) is 5.56 Å². The molecule has 0 aliphatic rings. The van der Waals surface area contributed by atoms with Gasteiger partial charge in [-0.1, -0.05) is 23.7 Å². The molecule has 0 fully saturated rings. The number of rotatable bonds is 6. The minimum Gasteiger partial charge on any atom is -0.278 e. The Balaban J connectivity index is 1.66. The van der Waals surface area contributed by atoms with Crippen molar-refractivity contribution >= 4 is 39.1 Å². The Morgan fingerprint density at radius 1 is 0.844 bits per heavy atom. The molecule has 0 aliphatic heterocycles. The lowest BCUT2D eigenvalue weighted by Gasteiger charge is -2.12. The molecule has 0 heterocycles. The van der Waals surface area contributed by atoms with Gasteiger partial charge in [0, 0.05) is 5.56 Å². The zero-order valence-corrected chi connectivity index (χ0v) is 17.8. The predicted octanol–water partition coefficient (Wildman–Crippen LogP) is 3.42. The quantitative estimate of drug-likeness (QED) is 0.471. The molecule has 2 amide bonds. The summed E-state index contributed by atoms with van der Waals surface area (Å²) in [4.78, 5) is 24.1. The summed E-state index contributed by atoms with van der Waals surface area (Å²) in [6.07, 6.45) is -0.0934. The number of carbonyl (C=O) groups is 2. The third kappa shape index (κ3) is 6.02. The van der Waals surface area contributed by atoms with E-state index < -0.39 is 33.5 Å². The molecule has 0 unspecified atom stereocenters. The minimum atomic E-state index is -4.09. The predicted molar refractivity (Wildman–Crippen MR) is 114 cm³/mol. The normalized spacial score (nSPS) is 11.0. The van der Waals surface area contributed by atoms with E-state index in [0.717, 1.165) is 24.3 Å². The summed E-state index contributed by atoms with van der Waals surface area (Å²) in [5.41, 5.74) is 4.89. The van der Waals surface area contributed by atoms with Gasteiger partial charge in [-0.2, -0.15) is 0 Å². The second-order valence-electron chi connectivity index (χ2n) is 6.56. The molecule has 7 nitrogen and oxygen atoms in total. The van der Waals surface area contributed by atoms with Crippen molar-refractivity contribution in [1.29, 1.82) is 0 Å². The van der Waals surface area contributed by atoms with E-state index in [9.17, 15) is 26.8 Å². The first-order valence-corrected chi connectivity index (χ1v) is 10.9. The highest BCUT2D eigenvalue weighted by molar-refractivity contribution is 7.92. The topological polar surface area (TPSA) is 104 Å². The largest absolute Gasteiger partial charge is 0.278 e. The van der Waals surface area contributed by atoms with Crippen molar-refractivity contribution in [2.45, 2.75) is 11.3 Å². The molecule has 0 saturated heterocycles. The van der Waals surface area contributed by atoms with E-state index in [1.807, 2.05) is 0 Å². The van der Waals surface area contributed by atoms with Crippen LogP contribution in [0.3, 0.4) is 0 Å². The van der Waals surface area contributed by atoms with Crippen molar-refractivity contribution in [1.82, 2.24) is 10.9 Å². The monoisotopic (exact) mass is 479 g/mol. The van der Waals surface area contributed by atoms with Gasteiger partial charge in [-0.3, -0.25) is 25.2 Å². The smallest absolute Gasteiger partial charge is 0.269 e. The maximum Gasteiger partial charge on any atom is 0.269 e. The van der Waals surface area contributed by atoms with Gasteiger partial charge in [-0.25, -0.2) is 17.2 Å². The van der Waals surface area contributed by atoms with Crippen molar-refractivity contribution in [2.75, 3.05) is 4.72 Å². The third-order valence-electron chi connectivity index (χ3n) is 4.19. The number of carbonyl (C=O) groups excluding carboxylic acids is 2. The van der Waals surface area contributed by atoms with Crippen molar-refractivity contribution < 1.29 is 26.8 Å². The number of halogens is 3. The molecule has 3 aromatic carbocycles. The number of hydrogen-bond acceptors (Lipinski definition) is 4. The van der Waals surface area contributed by atoms with Gasteiger partial charge >= 0.3 is 0 Å². The minimum absolute atomic E-state index is 0.00767. The Bertz CT molecular complexity index is 1250.